The molecule has 0 bridgehead atoms. The van der Waals surface area contributed by atoms with Crippen molar-refractivity contribution in [1.82, 2.24) is 4.57 Å². The summed E-state index contributed by atoms with van der Waals surface area (Å²) in [5.41, 5.74) is -0.717. The van der Waals surface area contributed by atoms with E-state index in [9.17, 15) is 31.1 Å². The molecule has 0 saturated carbocycles. The maximum absolute atomic E-state index is 13.9. The predicted molar refractivity (Wildman–Crippen MR) is 81.8 cm³/mol. The largest absolute Gasteiger partial charge is 0.382 e. The normalized spacial score (nSPS) is 19.0. The summed E-state index contributed by atoms with van der Waals surface area (Å²) in [6.45, 7) is 0. The zero-order valence-electron chi connectivity index (χ0n) is 13.1. The molecule has 1 aliphatic carbocycles. The molecule has 138 valence electrons. The van der Waals surface area contributed by atoms with E-state index >= 15 is 0 Å². The Balaban J connectivity index is 2.30. The average molecular weight is 388 g/mol. The molecule has 5 nitrogen and oxygen atoms in total. The monoisotopic (exact) mass is 388 g/mol. The number of nitriles is 1. The lowest BCUT2D eigenvalue weighted by molar-refractivity contribution is -0.123. The molecule has 1 heterocycles. The van der Waals surface area contributed by atoms with Gasteiger partial charge >= 0.3 is 0 Å². The van der Waals surface area contributed by atoms with E-state index in [0.29, 0.717) is 0 Å². The van der Waals surface area contributed by atoms with Gasteiger partial charge in [-0.05, 0) is 24.6 Å². The molecule has 0 amide bonds. The molecule has 1 aliphatic rings. The molecule has 0 unspecified atom stereocenters. The van der Waals surface area contributed by atoms with Crippen molar-refractivity contribution in [3.8, 4) is 11.8 Å². The van der Waals surface area contributed by atoms with Gasteiger partial charge in [-0.15, -0.1) is 0 Å². The van der Waals surface area contributed by atoms with Crippen LogP contribution in [0.5, 0.6) is 0 Å². The first-order valence-electron chi connectivity index (χ1n) is 7.41. The maximum Gasteiger partial charge on any atom is 0.278 e. The molecule has 1 aromatic heterocycles. The topological polar surface area (TPSA) is 83.1 Å². The van der Waals surface area contributed by atoms with E-state index in [1.165, 1.54) is 6.07 Å². The van der Waals surface area contributed by atoms with Crippen LogP contribution in [0, 0.1) is 17.1 Å². The lowest BCUT2D eigenvalue weighted by Crippen LogP contribution is -2.33. The second-order valence-electron chi connectivity index (χ2n) is 5.89. The van der Waals surface area contributed by atoms with E-state index in [4.69, 9.17) is 5.26 Å². The van der Waals surface area contributed by atoms with Crippen LogP contribution in [0.25, 0.3) is 5.69 Å². The Morgan fingerprint density at radius 2 is 2.08 bits per heavy atom. The fraction of sp³-hybridized carbons (Fsp3) is 0.312. The zero-order chi connectivity index (χ0) is 19.3. The fourth-order valence-corrected chi connectivity index (χ4v) is 3.95. The molecule has 2 aromatic rings. The third-order valence-corrected chi connectivity index (χ3v) is 5.59. The lowest BCUT2D eigenvalue weighted by Gasteiger charge is -2.29. The summed E-state index contributed by atoms with van der Waals surface area (Å²) in [4.78, 5) is -0.746. The highest BCUT2D eigenvalue weighted by Crippen LogP contribution is 2.45. The molecule has 0 saturated heterocycles. The Kier molecular flexibility index (Phi) is 4.32. The zero-order valence-corrected chi connectivity index (χ0v) is 13.9. The molecule has 0 aliphatic heterocycles. The smallest absolute Gasteiger partial charge is 0.278 e. The molecule has 26 heavy (non-hydrogen) atoms. The van der Waals surface area contributed by atoms with Crippen LogP contribution in [0.3, 0.4) is 0 Å². The van der Waals surface area contributed by atoms with Crippen LogP contribution in [0.2, 0.25) is 0 Å². The van der Waals surface area contributed by atoms with Gasteiger partial charge in [-0.2, -0.15) is 5.26 Å². The molecule has 3 rings (SSSR count). The number of aromatic nitrogens is 1. The Morgan fingerprint density at radius 1 is 1.38 bits per heavy atom. The summed E-state index contributed by atoms with van der Waals surface area (Å²) in [5.74, 6) is -4.37. The number of hydrogen-bond donors (Lipinski definition) is 1. The summed E-state index contributed by atoms with van der Waals surface area (Å²) >= 11 is 0. The summed E-state index contributed by atoms with van der Waals surface area (Å²) < 4.78 is 79.4. The van der Waals surface area contributed by atoms with Gasteiger partial charge in [0.05, 0.1) is 10.5 Å². The van der Waals surface area contributed by atoms with Crippen LogP contribution in [0.1, 0.15) is 29.3 Å². The van der Waals surface area contributed by atoms with Crippen molar-refractivity contribution in [3.05, 3.63) is 47.0 Å². The van der Waals surface area contributed by atoms with E-state index in [-0.39, 0.29) is 23.4 Å². The first-order valence-corrected chi connectivity index (χ1v) is 9.06. The SMILES string of the molecule is N#Cc1cc(-n2cc(S(=O)(=O)CF)c3c2CCC(F)(F)[C@H]3O)ccc1F. The van der Waals surface area contributed by atoms with Gasteiger partial charge in [0, 0.05) is 29.6 Å². The summed E-state index contributed by atoms with van der Waals surface area (Å²) in [6.07, 6.45) is -2.54. The van der Waals surface area contributed by atoms with Crippen LogP contribution < -0.4 is 0 Å². The quantitative estimate of drug-likeness (QED) is 0.820. The first kappa shape index (κ1) is 18.4. The van der Waals surface area contributed by atoms with Crippen molar-refractivity contribution in [1.29, 1.82) is 5.26 Å². The van der Waals surface area contributed by atoms with Crippen molar-refractivity contribution in [3.63, 3.8) is 0 Å². The van der Waals surface area contributed by atoms with Crippen LogP contribution >= 0.6 is 0 Å². The van der Waals surface area contributed by atoms with Crippen molar-refractivity contribution < 1.29 is 31.1 Å². The molecular formula is C16H12F4N2O3S. The summed E-state index contributed by atoms with van der Waals surface area (Å²) in [7, 11) is -4.55. The van der Waals surface area contributed by atoms with Crippen molar-refractivity contribution >= 4 is 9.84 Å². The van der Waals surface area contributed by atoms with Gasteiger partial charge in [-0.3, -0.25) is 0 Å². The van der Waals surface area contributed by atoms with Gasteiger partial charge < -0.3 is 9.67 Å². The lowest BCUT2D eigenvalue weighted by atomic mass is 9.91. The number of benzene rings is 1. The number of nitrogens with zero attached hydrogens (tertiary/aromatic N) is 2. The highest BCUT2D eigenvalue weighted by Gasteiger charge is 2.47. The van der Waals surface area contributed by atoms with Gasteiger partial charge in [-0.25, -0.2) is 26.0 Å². The van der Waals surface area contributed by atoms with Gasteiger partial charge in [0.25, 0.3) is 5.92 Å². The summed E-state index contributed by atoms with van der Waals surface area (Å²) in [5, 5.41) is 18.9. The first-order chi connectivity index (χ1) is 12.1. The van der Waals surface area contributed by atoms with Crippen LogP contribution in [0.15, 0.2) is 29.3 Å². The van der Waals surface area contributed by atoms with Crippen LogP contribution in [-0.4, -0.2) is 30.0 Å². The highest BCUT2D eigenvalue weighted by molar-refractivity contribution is 7.91. The molecule has 1 N–H and O–H groups in total. The minimum absolute atomic E-state index is 0.0472. The van der Waals surface area contributed by atoms with Gasteiger partial charge in [0.2, 0.25) is 9.84 Å². The molecule has 1 aromatic carbocycles. The number of sulfone groups is 1. The molecule has 10 heteroatoms. The molecule has 0 radical (unpaired) electrons. The van der Waals surface area contributed by atoms with Crippen molar-refractivity contribution in [2.24, 2.45) is 0 Å². The number of rotatable bonds is 3. The highest BCUT2D eigenvalue weighted by atomic mass is 32.2. The van der Waals surface area contributed by atoms with Gasteiger partial charge in [0.1, 0.15) is 18.0 Å². The predicted octanol–water partition coefficient (Wildman–Crippen LogP) is 2.80. The van der Waals surface area contributed by atoms with E-state index < -0.39 is 50.6 Å². The van der Waals surface area contributed by atoms with Crippen LogP contribution in [0.4, 0.5) is 17.6 Å². The van der Waals surface area contributed by atoms with Crippen molar-refractivity contribution in [2.45, 2.75) is 29.8 Å². The van der Waals surface area contributed by atoms with E-state index in [1.54, 1.807) is 6.07 Å². The van der Waals surface area contributed by atoms with E-state index in [0.717, 1.165) is 22.9 Å². The number of alkyl halides is 3. The Bertz CT molecular complexity index is 1020. The summed E-state index contributed by atoms with van der Waals surface area (Å²) in [6, 6.07) is 3.10. The number of fused-ring (bicyclic) bond motifs is 1. The third-order valence-electron chi connectivity index (χ3n) is 4.31. The standard InChI is InChI=1S/C16H12F4N2O3S/c17-8-26(24,25)13-7-22(10-1-2-11(18)9(5-10)6-21)12-3-4-16(19,20)15(23)14(12)13/h1-2,5,7,15,23H,3-4,8H2/t15-/m0/s1. The Labute approximate surface area is 146 Å². The minimum atomic E-state index is -4.55. The maximum atomic E-state index is 13.9. The van der Waals surface area contributed by atoms with Gasteiger partial charge in [0.15, 0.2) is 6.01 Å². The molecule has 1 atom stereocenters. The fourth-order valence-electron chi connectivity index (χ4n) is 3.00. The molecular weight excluding hydrogens is 376 g/mol. The third kappa shape index (κ3) is 2.77. The minimum Gasteiger partial charge on any atom is -0.382 e. The Hall–Kier alpha value is -2.38. The number of aliphatic hydroxyl groups excluding tert-OH is 1. The van der Waals surface area contributed by atoms with Gasteiger partial charge in [-0.1, -0.05) is 0 Å². The van der Waals surface area contributed by atoms with E-state index in [1.807, 2.05) is 0 Å². The number of hydrogen-bond acceptors (Lipinski definition) is 4. The Morgan fingerprint density at radius 3 is 2.69 bits per heavy atom. The second kappa shape index (κ2) is 6.10. The van der Waals surface area contributed by atoms with Crippen LogP contribution in [-0.2, 0) is 16.3 Å². The van der Waals surface area contributed by atoms with E-state index in [2.05, 4.69) is 0 Å². The number of aliphatic hydroxyl groups is 1. The average Bonchev–Trinajstić information content (AvgIpc) is 2.99. The molecule has 0 fully saturated rings. The molecule has 0 spiro atoms. The van der Waals surface area contributed by atoms with Crippen molar-refractivity contribution in [2.75, 3.05) is 6.01 Å². The second-order valence-corrected chi connectivity index (χ2v) is 7.77. The number of halogens is 4.